The van der Waals surface area contributed by atoms with E-state index in [1.54, 1.807) is 0 Å². The van der Waals surface area contributed by atoms with E-state index >= 15 is 0 Å². The van der Waals surface area contributed by atoms with E-state index in [4.69, 9.17) is 0 Å². The standard InChI is InChI=1S/C26H24N2O/c1-19-12-13-25-23(16-19)22(18-28-25)14-15-27-26(29)24(21-10-6-3-7-11-21)17-20-8-4-2-5-9-20/h2-13,16-18,28H,14-15H2,1H3,(H,27,29)/b24-17-. The molecule has 1 heterocycles. The number of carbonyl (C=O) groups is 1. The van der Waals surface area contributed by atoms with Crippen molar-refractivity contribution in [3.05, 3.63) is 107 Å². The maximum absolute atomic E-state index is 13.0. The summed E-state index contributed by atoms with van der Waals surface area (Å²) in [4.78, 5) is 16.3. The summed E-state index contributed by atoms with van der Waals surface area (Å²) in [5, 5.41) is 4.32. The third-order valence-electron chi connectivity index (χ3n) is 5.04. The molecule has 3 heteroatoms. The van der Waals surface area contributed by atoms with E-state index in [1.165, 1.54) is 16.5 Å². The first-order valence-corrected chi connectivity index (χ1v) is 9.88. The highest BCUT2D eigenvalue weighted by molar-refractivity contribution is 6.24. The van der Waals surface area contributed by atoms with Gasteiger partial charge in [-0.15, -0.1) is 0 Å². The third-order valence-corrected chi connectivity index (χ3v) is 5.04. The average molecular weight is 380 g/mol. The van der Waals surface area contributed by atoms with Crippen LogP contribution in [-0.2, 0) is 11.2 Å². The van der Waals surface area contributed by atoms with Crippen molar-refractivity contribution in [2.75, 3.05) is 6.54 Å². The molecule has 0 unspecified atom stereocenters. The Balaban J connectivity index is 1.51. The highest BCUT2D eigenvalue weighted by atomic mass is 16.1. The maximum Gasteiger partial charge on any atom is 0.251 e. The van der Waals surface area contributed by atoms with E-state index in [0.717, 1.165) is 23.1 Å². The number of fused-ring (bicyclic) bond motifs is 1. The Labute approximate surface area is 171 Å². The smallest absolute Gasteiger partial charge is 0.251 e. The highest BCUT2D eigenvalue weighted by Gasteiger charge is 2.12. The number of hydrogen-bond acceptors (Lipinski definition) is 1. The van der Waals surface area contributed by atoms with Crippen LogP contribution < -0.4 is 5.32 Å². The van der Waals surface area contributed by atoms with Crippen LogP contribution in [0.3, 0.4) is 0 Å². The monoisotopic (exact) mass is 380 g/mol. The van der Waals surface area contributed by atoms with Gasteiger partial charge >= 0.3 is 0 Å². The van der Waals surface area contributed by atoms with Crippen molar-refractivity contribution in [1.29, 1.82) is 0 Å². The number of aromatic nitrogens is 1. The molecule has 4 rings (SSSR count). The summed E-state index contributed by atoms with van der Waals surface area (Å²) in [5.41, 5.74) is 6.18. The Bertz CT molecular complexity index is 1140. The van der Waals surface area contributed by atoms with Crippen molar-refractivity contribution in [2.45, 2.75) is 13.3 Å². The van der Waals surface area contributed by atoms with Gasteiger partial charge in [-0.25, -0.2) is 0 Å². The molecule has 0 radical (unpaired) electrons. The topological polar surface area (TPSA) is 44.9 Å². The third kappa shape index (κ3) is 4.46. The van der Waals surface area contributed by atoms with Crippen molar-refractivity contribution in [3.8, 4) is 0 Å². The van der Waals surface area contributed by atoms with Crippen LogP contribution in [0.4, 0.5) is 0 Å². The number of aromatic amines is 1. The second kappa shape index (κ2) is 8.61. The minimum Gasteiger partial charge on any atom is -0.361 e. The van der Waals surface area contributed by atoms with Gasteiger partial charge in [0.05, 0.1) is 0 Å². The van der Waals surface area contributed by atoms with E-state index in [-0.39, 0.29) is 5.91 Å². The molecule has 0 saturated heterocycles. The Morgan fingerprint density at radius 1 is 0.966 bits per heavy atom. The normalized spacial score (nSPS) is 11.6. The molecule has 1 aromatic heterocycles. The number of carbonyl (C=O) groups excluding carboxylic acids is 1. The van der Waals surface area contributed by atoms with Crippen molar-refractivity contribution in [2.24, 2.45) is 0 Å². The maximum atomic E-state index is 13.0. The minimum atomic E-state index is -0.0592. The molecule has 0 aliphatic carbocycles. The van der Waals surface area contributed by atoms with Gasteiger partial charge in [-0.1, -0.05) is 72.3 Å². The molecule has 1 amide bonds. The van der Waals surface area contributed by atoms with Crippen LogP contribution in [0.1, 0.15) is 22.3 Å². The Morgan fingerprint density at radius 3 is 2.45 bits per heavy atom. The van der Waals surface area contributed by atoms with Crippen molar-refractivity contribution in [1.82, 2.24) is 10.3 Å². The average Bonchev–Trinajstić information content (AvgIpc) is 3.15. The fraction of sp³-hybridized carbons (Fsp3) is 0.115. The lowest BCUT2D eigenvalue weighted by Crippen LogP contribution is -2.26. The number of rotatable bonds is 6. The molecule has 3 aromatic carbocycles. The summed E-state index contributed by atoms with van der Waals surface area (Å²) in [6.45, 7) is 2.68. The molecular weight excluding hydrogens is 356 g/mol. The molecule has 0 spiro atoms. The summed E-state index contributed by atoms with van der Waals surface area (Å²) in [5.74, 6) is -0.0592. The number of nitrogens with one attached hydrogen (secondary N) is 2. The number of benzene rings is 3. The van der Waals surface area contributed by atoms with Crippen LogP contribution in [0, 0.1) is 6.92 Å². The van der Waals surface area contributed by atoms with Crippen molar-refractivity contribution < 1.29 is 4.79 Å². The minimum absolute atomic E-state index is 0.0592. The van der Waals surface area contributed by atoms with Gasteiger partial charge in [-0.05, 0) is 48.2 Å². The summed E-state index contributed by atoms with van der Waals surface area (Å²) in [7, 11) is 0. The fourth-order valence-electron chi connectivity index (χ4n) is 3.52. The molecule has 29 heavy (non-hydrogen) atoms. The number of aryl methyl sites for hydroxylation is 1. The SMILES string of the molecule is Cc1ccc2[nH]cc(CCNC(=O)/C(=C\c3ccccc3)c3ccccc3)c2c1. The van der Waals surface area contributed by atoms with Gasteiger partial charge in [0.25, 0.3) is 5.91 Å². The van der Waals surface area contributed by atoms with Crippen LogP contribution in [-0.4, -0.2) is 17.4 Å². The largest absolute Gasteiger partial charge is 0.361 e. The Hall–Kier alpha value is -3.59. The predicted octanol–water partition coefficient (Wildman–Crippen LogP) is 5.38. The summed E-state index contributed by atoms with van der Waals surface area (Å²) in [6.07, 6.45) is 4.76. The lowest BCUT2D eigenvalue weighted by atomic mass is 10.0. The second-order valence-electron chi connectivity index (χ2n) is 7.20. The first kappa shape index (κ1) is 18.8. The Morgan fingerprint density at radius 2 is 1.69 bits per heavy atom. The van der Waals surface area contributed by atoms with Gasteiger partial charge in [0, 0.05) is 29.2 Å². The lowest BCUT2D eigenvalue weighted by molar-refractivity contribution is -0.115. The van der Waals surface area contributed by atoms with Crippen LogP contribution in [0.5, 0.6) is 0 Å². The van der Waals surface area contributed by atoms with E-state index in [0.29, 0.717) is 12.1 Å². The molecule has 0 atom stereocenters. The highest BCUT2D eigenvalue weighted by Crippen LogP contribution is 2.21. The molecule has 0 aliphatic rings. The van der Waals surface area contributed by atoms with E-state index < -0.39 is 0 Å². The molecule has 0 saturated carbocycles. The first-order valence-electron chi connectivity index (χ1n) is 9.88. The van der Waals surface area contributed by atoms with Gasteiger partial charge < -0.3 is 10.3 Å². The van der Waals surface area contributed by atoms with Crippen molar-refractivity contribution >= 4 is 28.5 Å². The molecule has 3 nitrogen and oxygen atoms in total. The summed E-state index contributed by atoms with van der Waals surface area (Å²) in [6, 6.07) is 26.1. The van der Waals surface area contributed by atoms with Crippen LogP contribution in [0.25, 0.3) is 22.6 Å². The van der Waals surface area contributed by atoms with Gasteiger partial charge in [-0.3, -0.25) is 4.79 Å². The van der Waals surface area contributed by atoms with Crippen LogP contribution in [0.15, 0.2) is 85.1 Å². The van der Waals surface area contributed by atoms with E-state index in [2.05, 4.69) is 35.4 Å². The molecule has 0 fully saturated rings. The zero-order valence-electron chi connectivity index (χ0n) is 16.5. The fourth-order valence-corrected chi connectivity index (χ4v) is 3.52. The van der Waals surface area contributed by atoms with Crippen LogP contribution in [0.2, 0.25) is 0 Å². The first-order chi connectivity index (χ1) is 14.2. The quantitative estimate of drug-likeness (QED) is 0.342. The van der Waals surface area contributed by atoms with E-state index in [1.807, 2.05) is 72.9 Å². The van der Waals surface area contributed by atoms with E-state index in [9.17, 15) is 4.79 Å². The zero-order valence-corrected chi connectivity index (χ0v) is 16.5. The molecule has 0 aliphatic heterocycles. The van der Waals surface area contributed by atoms with Gasteiger partial charge in [0.2, 0.25) is 0 Å². The van der Waals surface area contributed by atoms with Crippen molar-refractivity contribution in [3.63, 3.8) is 0 Å². The molecular formula is C26H24N2O. The Kier molecular flexibility index (Phi) is 5.57. The lowest BCUT2D eigenvalue weighted by Gasteiger charge is -2.10. The van der Waals surface area contributed by atoms with Gasteiger partial charge in [0.15, 0.2) is 0 Å². The second-order valence-corrected chi connectivity index (χ2v) is 7.20. The molecule has 4 aromatic rings. The van der Waals surface area contributed by atoms with Gasteiger partial charge in [0.1, 0.15) is 0 Å². The summed E-state index contributed by atoms with van der Waals surface area (Å²) < 4.78 is 0. The molecule has 144 valence electrons. The number of amides is 1. The molecule has 2 N–H and O–H groups in total. The zero-order chi connectivity index (χ0) is 20.1. The number of hydrogen-bond donors (Lipinski definition) is 2. The number of H-pyrrole nitrogens is 1. The van der Waals surface area contributed by atoms with Gasteiger partial charge in [-0.2, -0.15) is 0 Å². The predicted molar refractivity (Wildman–Crippen MR) is 121 cm³/mol. The van der Waals surface area contributed by atoms with Crippen LogP contribution >= 0.6 is 0 Å². The molecule has 0 bridgehead atoms. The summed E-state index contributed by atoms with van der Waals surface area (Å²) >= 11 is 0.